The van der Waals surface area contributed by atoms with Crippen molar-refractivity contribution in [2.24, 2.45) is 0 Å². The summed E-state index contributed by atoms with van der Waals surface area (Å²) in [6.07, 6.45) is 0. The number of thiophene rings is 1. The molecule has 0 fully saturated rings. The lowest BCUT2D eigenvalue weighted by molar-refractivity contribution is 0.101. The fourth-order valence-electron chi connectivity index (χ4n) is 3.07. The van der Waals surface area contributed by atoms with Gasteiger partial charge in [0, 0.05) is 5.69 Å². The van der Waals surface area contributed by atoms with E-state index in [0.717, 1.165) is 21.7 Å². The minimum absolute atomic E-state index is 0.241. The third-order valence-electron chi connectivity index (χ3n) is 4.31. The Bertz CT molecular complexity index is 1130. The molecule has 5 rings (SSSR count). The van der Waals surface area contributed by atoms with Crippen LogP contribution in [0.25, 0.3) is 21.7 Å². The SMILES string of the molecule is O=C(Nc1ccc2nc(-c3cccs3)[nH]c2c1)c1cccc2c1OCCO2. The van der Waals surface area contributed by atoms with Gasteiger partial charge in [-0.1, -0.05) is 12.1 Å². The van der Waals surface area contributed by atoms with Crippen LogP contribution in [-0.2, 0) is 0 Å². The molecule has 1 aliphatic rings. The van der Waals surface area contributed by atoms with E-state index in [1.807, 2.05) is 35.7 Å². The Morgan fingerprint density at radius 3 is 2.93 bits per heavy atom. The van der Waals surface area contributed by atoms with Crippen molar-refractivity contribution in [2.45, 2.75) is 0 Å². The highest BCUT2D eigenvalue weighted by Crippen LogP contribution is 2.34. The number of nitrogens with one attached hydrogen (secondary N) is 2. The molecule has 2 N–H and O–H groups in total. The zero-order chi connectivity index (χ0) is 18.2. The summed E-state index contributed by atoms with van der Waals surface area (Å²) in [7, 11) is 0. The molecule has 2 aromatic carbocycles. The van der Waals surface area contributed by atoms with E-state index in [1.165, 1.54) is 0 Å². The van der Waals surface area contributed by atoms with Gasteiger partial charge in [-0.05, 0) is 41.8 Å². The highest BCUT2D eigenvalue weighted by Gasteiger charge is 2.20. The summed E-state index contributed by atoms with van der Waals surface area (Å²) in [5, 5.41) is 4.94. The van der Waals surface area contributed by atoms with Gasteiger partial charge in [0.1, 0.15) is 19.0 Å². The molecule has 27 heavy (non-hydrogen) atoms. The molecule has 0 atom stereocenters. The molecular formula is C20H15N3O3S. The Balaban J connectivity index is 1.44. The van der Waals surface area contributed by atoms with Crippen LogP contribution in [-0.4, -0.2) is 29.1 Å². The lowest BCUT2D eigenvalue weighted by Gasteiger charge is -2.20. The molecule has 0 bridgehead atoms. The van der Waals surface area contributed by atoms with Crippen molar-refractivity contribution in [3.8, 4) is 22.2 Å². The average Bonchev–Trinajstić information content (AvgIpc) is 3.36. The number of aromatic nitrogens is 2. The Labute approximate surface area is 158 Å². The molecule has 0 saturated heterocycles. The van der Waals surface area contributed by atoms with Gasteiger partial charge in [-0.15, -0.1) is 11.3 Å². The number of amides is 1. The van der Waals surface area contributed by atoms with Gasteiger partial charge < -0.3 is 19.8 Å². The lowest BCUT2D eigenvalue weighted by atomic mass is 10.1. The molecular weight excluding hydrogens is 362 g/mol. The van der Waals surface area contributed by atoms with E-state index in [4.69, 9.17) is 9.47 Å². The van der Waals surface area contributed by atoms with Gasteiger partial charge in [-0.3, -0.25) is 4.79 Å². The van der Waals surface area contributed by atoms with Crippen LogP contribution in [0.4, 0.5) is 5.69 Å². The smallest absolute Gasteiger partial charge is 0.259 e. The molecule has 6 nitrogen and oxygen atoms in total. The fourth-order valence-corrected chi connectivity index (χ4v) is 3.74. The van der Waals surface area contributed by atoms with E-state index in [0.29, 0.717) is 36.0 Å². The van der Waals surface area contributed by atoms with Crippen molar-refractivity contribution in [3.63, 3.8) is 0 Å². The first-order chi connectivity index (χ1) is 13.3. The molecule has 4 aromatic rings. The number of fused-ring (bicyclic) bond motifs is 2. The van der Waals surface area contributed by atoms with Crippen LogP contribution in [0.5, 0.6) is 11.5 Å². The average molecular weight is 377 g/mol. The van der Waals surface area contributed by atoms with E-state index >= 15 is 0 Å². The molecule has 7 heteroatoms. The Morgan fingerprint density at radius 1 is 1.11 bits per heavy atom. The van der Waals surface area contributed by atoms with Crippen molar-refractivity contribution in [1.29, 1.82) is 0 Å². The van der Waals surface area contributed by atoms with Crippen LogP contribution < -0.4 is 14.8 Å². The van der Waals surface area contributed by atoms with E-state index in [-0.39, 0.29) is 5.91 Å². The number of H-pyrrole nitrogens is 1. The topological polar surface area (TPSA) is 76.2 Å². The van der Waals surface area contributed by atoms with Crippen molar-refractivity contribution in [3.05, 3.63) is 59.5 Å². The van der Waals surface area contributed by atoms with Gasteiger partial charge in [-0.25, -0.2) is 4.98 Å². The summed E-state index contributed by atoms with van der Waals surface area (Å²) in [6, 6.07) is 14.9. The summed E-state index contributed by atoms with van der Waals surface area (Å²) in [4.78, 5) is 21.7. The summed E-state index contributed by atoms with van der Waals surface area (Å²) < 4.78 is 11.2. The van der Waals surface area contributed by atoms with Crippen molar-refractivity contribution in [2.75, 3.05) is 18.5 Å². The number of nitrogens with zero attached hydrogens (tertiary/aromatic N) is 1. The first-order valence-electron chi connectivity index (χ1n) is 8.51. The number of hydrogen-bond donors (Lipinski definition) is 2. The highest BCUT2D eigenvalue weighted by atomic mass is 32.1. The summed E-state index contributed by atoms with van der Waals surface area (Å²) in [6.45, 7) is 0.921. The van der Waals surface area contributed by atoms with Gasteiger partial charge in [-0.2, -0.15) is 0 Å². The van der Waals surface area contributed by atoms with Crippen LogP contribution in [0.1, 0.15) is 10.4 Å². The lowest BCUT2D eigenvalue weighted by Crippen LogP contribution is -2.20. The number of carbonyl (C=O) groups excluding carboxylic acids is 1. The van der Waals surface area contributed by atoms with Crippen LogP contribution in [0, 0.1) is 0 Å². The van der Waals surface area contributed by atoms with Crippen molar-refractivity contribution < 1.29 is 14.3 Å². The second-order valence-corrected chi connectivity index (χ2v) is 7.03. The summed E-state index contributed by atoms with van der Waals surface area (Å²) >= 11 is 1.63. The maximum Gasteiger partial charge on any atom is 0.259 e. The van der Waals surface area contributed by atoms with E-state index < -0.39 is 0 Å². The monoisotopic (exact) mass is 377 g/mol. The first kappa shape index (κ1) is 15.9. The Kier molecular flexibility index (Phi) is 3.79. The predicted octanol–water partition coefficient (Wildman–Crippen LogP) is 4.31. The number of hydrogen-bond acceptors (Lipinski definition) is 5. The van der Waals surface area contributed by atoms with Gasteiger partial charge in [0.2, 0.25) is 0 Å². The number of carbonyl (C=O) groups is 1. The number of imidazole rings is 1. The Hall–Kier alpha value is -3.32. The van der Waals surface area contributed by atoms with E-state index in [1.54, 1.807) is 29.5 Å². The number of benzene rings is 2. The van der Waals surface area contributed by atoms with E-state index in [9.17, 15) is 4.79 Å². The molecule has 0 spiro atoms. The first-order valence-corrected chi connectivity index (χ1v) is 9.39. The molecule has 3 heterocycles. The van der Waals surface area contributed by atoms with Gasteiger partial charge in [0.05, 0.1) is 21.5 Å². The summed E-state index contributed by atoms with van der Waals surface area (Å²) in [5.41, 5.74) is 2.86. The van der Waals surface area contributed by atoms with Crippen LogP contribution in [0.2, 0.25) is 0 Å². The fraction of sp³-hybridized carbons (Fsp3) is 0.100. The normalized spacial score (nSPS) is 12.9. The quantitative estimate of drug-likeness (QED) is 0.558. The number of aromatic amines is 1. The third-order valence-corrected chi connectivity index (χ3v) is 5.18. The molecule has 0 radical (unpaired) electrons. The number of para-hydroxylation sites is 1. The zero-order valence-corrected chi connectivity index (χ0v) is 15.0. The highest BCUT2D eigenvalue weighted by molar-refractivity contribution is 7.13. The second kappa shape index (κ2) is 6.44. The maximum absolute atomic E-state index is 12.7. The largest absolute Gasteiger partial charge is 0.486 e. The van der Waals surface area contributed by atoms with Crippen molar-refractivity contribution >= 4 is 34.0 Å². The van der Waals surface area contributed by atoms with Gasteiger partial charge in [0.15, 0.2) is 11.5 Å². The maximum atomic E-state index is 12.7. The zero-order valence-electron chi connectivity index (χ0n) is 14.2. The van der Waals surface area contributed by atoms with Crippen LogP contribution >= 0.6 is 11.3 Å². The molecule has 0 aliphatic carbocycles. The number of rotatable bonds is 3. The molecule has 1 amide bonds. The second-order valence-electron chi connectivity index (χ2n) is 6.08. The summed E-state index contributed by atoms with van der Waals surface area (Å²) in [5.74, 6) is 1.67. The third kappa shape index (κ3) is 2.92. The Morgan fingerprint density at radius 2 is 2.04 bits per heavy atom. The van der Waals surface area contributed by atoms with Crippen LogP contribution in [0.3, 0.4) is 0 Å². The predicted molar refractivity (Wildman–Crippen MR) is 105 cm³/mol. The molecule has 0 unspecified atom stereocenters. The van der Waals surface area contributed by atoms with E-state index in [2.05, 4.69) is 15.3 Å². The number of ether oxygens (including phenoxy) is 2. The molecule has 134 valence electrons. The van der Waals surface area contributed by atoms with Gasteiger partial charge in [0.25, 0.3) is 5.91 Å². The molecule has 0 saturated carbocycles. The van der Waals surface area contributed by atoms with Crippen molar-refractivity contribution in [1.82, 2.24) is 9.97 Å². The standard InChI is InChI=1S/C20H15N3O3S/c24-20(13-3-1-4-16-18(13)26-9-8-25-16)21-12-6-7-14-15(11-12)23-19(22-14)17-5-2-10-27-17/h1-7,10-11H,8-9H2,(H,21,24)(H,22,23). The van der Waals surface area contributed by atoms with Gasteiger partial charge >= 0.3 is 0 Å². The van der Waals surface area contributed by atoms with Crippen LogP contribution in [0.15, 0.2) is 53.9 Å². The molecule has 1 aliphatic heterocycles. The minimum atomic E-state index is -0.241. The molecule has 2 aromatic heterocycles. The minimum Gasteiger partial charge on any atom is -0.486 e. The number of anilines is 1.